The summed E-state index contributed by atoms with van der Waals surface area (Å²) in [6, 6.07) is 16.0. The van der Waals surface area contributed by atoms with Crippen LogP contribution in [0.15, 0.2) is 60.9 Å². The molecule has 2 aromatic carbocycles. The maximum absolute atomic E-state index is 12.3. The molecule has 0 amide bonds. The summed E-state index contributed by atoms with van der Waals surface area (Å²) in [5.74, 6) is -2.76. The number of hydrogen-bond donors (Lipinski definition) is 4. The van der Waals surface area contributed by atoms with Gasteiger partial charge in [0.05, 0.1) is 19.0 Å². The Morgan fingerprint density at radius 2 is 1.78 bits per heavy atom. The van der Waals surface area contributed by atoms with Gasteiger partial charge in [0.1, 0.15) is 24.0 Å². The lowest BCUT2D eigenvalue weighted by Crippen LogP contribution is -2.52. The van der Waals surface area contributed by atoms with Crippen LogP contribution >= 0.6 is 11.6 Å². The number of aliphatic carboxylic acids is 2. The van der Waals surface area contributed by atoms with E-state index in [2.05, 4.69) is 15.0 Å². The van der Waals surface area contributed by atoms with Gasteiger partial charge in [-0.1, -0.05) is 42.5 Å². The van der Waals surface area contributed by atoms with Crippen LogP contribution in [0.4, 0.5) is 5.82 Å². The van der Waals surface area contributed by atoms with Gasteiger partial charge >= 0.3 is 11.9 Å². The summed E-state index contributed by atoms with van der Waals surface area (Å²) in [6.45, 7) is -0.0805. The maximum Gasteiger partial charge on any atom is 0.348 e. The van der Waals surface area contributed by atoms with Crippen LogP contribution in [0.3, 0.4) is 0 Å². The van der Waals surface area contributed by atoms with Crippen LogP contribution in [0.25, 0.3) is 11.2 Å². The molecule has 0 unspecified atom stereocenters. The molecule has 214 valence electrons. The normalized spacial score (nSPS) is 18.9. The van der Waals surface area contributed by atoms with E-state index in [1.165, 1.54) is 10.9 Å². The standard InChI is InChI=1S/C27H26ClN5O8/c28-26-31-21(29)20-22(32-26)33(14-30-20)23-19(34)10-18(41-23)13-40-27(24(35)36,25(37)38)11-15-6-8-17(9-7-15)39-12-16-4-2-1-3-5-16/h1-9,14,18-19,23,34H,10-13H2,(H,35,36)(H,37,38)(H2,29,31,32)/t18-,19+,23+/m0/s1. The third-order valence-corrected chi connectivity index (χ3v) is 6.86. The summed E-state index contributed by atoms with van der Waals surface area (Å²) in [7, 11) is 0. The number of aliphatic hydroxyl groups is 1. The maximum atomic E-state index is 12.3. The van der Waals surface area contributed by atoms with Crippen LogP contribution in [0.1, 0.15) is 23.8 Å². The van der Waals surface area contributed by atoms with Crippen molar-refractivity contribution in [3.63, 3.8) is 0 Å². The summed E-state index contributed by atoms with van der Waals surface area (Å²) in [5.41, 5.74) is 5.12. The van der Waals surface area contributed by atoms with Crippen molar-refractivity contribution in [2.75, 3.05) is 12.3 Å². The highest BCUT2D eigenvalue weighted by Gasteiger charge is 2.49. The van der Waals surface area contributed by atoms with E-state index in [9.17, 15) is 24.9 Å². The van der Waals surface area contributed by atoms with Gasteiger partial charge < -0.3 is 35.3 Å². The molecule has 14 heteroatoms. The zero-order chi connectivity index (χ0) is 29.1. The number of hydrogen-bond acceptors (Lipinski definition) is 10. The second-order valence-electron chi connectivity index (χ2n) is 9.50. The van der Waals surface area contributed by atoms with Crippen molar-refractivity contribution in [2.45, 2.75) is 43.5 Å². The number of carboxylic acids is 2. The smallest absolute Gasteiger partial charge is 0.348 e. The molecular weight excluding hydrogens is 558 g/mol. The minimum absolute atomic E-state index is 0.0292. The van der Waals surface area contributed by atoms with Gasteiger partial charge in [-0.25, -0.2) is 14.6 Å². The summed E-state index contributed by atoms with van der Waals surface area (Å²) in [6.07, 6.45) is -1.96. The Bertz CT molecular complexity index is 1530. The summed E-state index contributed by atoms with van der Waals surface area (Å²) >= 11 is 5.92. The molecule has 3 atom stereocenters. The molecule has 41 heavy (non-hydrogen) atoms. The predicted molar refractivity (Wildman–Crippen MR) is 144 cm³/mol. The van der Waals surface area contributed by atoms with E-state index in [0.717, 1.165) is 5.56 Å². The van der Waals surface area contributed by atoms with E-state index < -0.39 is 49.0 Å². The molecule has 2 aromatic heterocycles. The molecule has 1 saturated heterocycles. The van der Waals surface area contributed by atoms with E-state index in [1.54, 1.807) is 24.3 Å². The number of nitrogens with two attached hydrogens (primary N) is 1. The Morgan fingerprint density at radius 3 is 2.46 bits per heavy atom. The van der Waals surface area contributed by atoms with E-state index in [4.69, 9.17) is 31.5 Å². The van der Waals surface area contributed by atoms with Crippen molar-refractivity contribution >= 4 is 40.5 Å². The number of nitrogen functional groups attached to an aromatic ring is 1. The lowest BCUT2D eigenvalue weighted by Gasteiger charge is -2.27. The number of aliphatic hydroxyl groups excluding tert-OH is 1. The SMILES string of the molecule is Nc1nc(Cl)nc2c1ncn2[C@@H]1O[C@H](COC(Cc2ccc(OCc3ccccc3)cc2)(C(=O)O)C(=O)O)C[C@H]1O. The number of halogens is 1. The topological polar surface area (TPSA) is 192 Å². The van der Waals surface area contributed by atoms with Crippen molar-refractivity contribution in [2.24, 2.45) is 0 Å². The first-order valence-corrected chi connectivity index (χ1v) is 12.9. The monoisotopic (exact) mass is 583 g/mol. The molecule has 4 aromatic rings. The Hall–Kier alpha value is -4.30. The molecule has 0 bridgehead atoms. The fourth-order valence-electron chi connectivity index (χ4n) is 4.57. The van der Waals surface area contributed by atoms with Gasteiger partial charge in [0, 0.05) is 12.8 Å². The number of benzene rings is 2. The highest BCUT2D eigenvalue weighted by Crippen LogP contribution is 2.33. The van der Waals surface area contributed by atoms with Gasteiger partial charge in [0.2, 0.25) is 5.28 Å². The fourth-order valence-corrected chi connectivity index (χ4v) is 4.74. The predicted octanol–water partition coefficient (Wildman–Crippen LogP) is 2.46. The molecule has 3 heterocycles. The van der Waals surface area contributed by atoms with Crippen molar-refractivity contribution in [3.05, 3.63) is 77.3 Å². The third-order valence-electron chi connectivity index (χ3n) is 6.69. The number of carbonyl (C=O) groups is 2. The van der Waals surface area contributed by atoms with Gasteiger partial charge in [0.15, 0.2) is 17.7 Å². The third kappa shape index (κ3) is 5.93. The van der Waals surface area contributed by atoms with Crippen LogP contribution in [0.5, 0.6) is 5.75 Å². The van der Waals surface area contributed by atoms with Crippen molar-refractivity contribution in [3.8, 4) is 5.75 Å². The first-order valence-electron chi connectivity index (χ1n) is 12.5. The zero-order valence-electron chi connectivity index (χ0n) is 21.5. The quantitative estimate of drug-likeness (QED) is 0.149. The number of fused-ring (bicyclic) bond motifs is 1. The second kappa shape index (κ2) is 11.7. The molecule has 5 rings (SSSR count). The highest BCUT2D eigenvalue weighted by atomic mass is 35.5. The molecule has 5 N–H and O–H groups in total. The largest absolute Gasteiger partial charge is 0.489 e. The number of nitrogens with zero attached hydrogens (tertiary/aromatic N) is 4. The number of rotatable bonds is 11. The van der Waals surface area contributed by atoms with Gasteiger partial charge in [-0.3, -0.25) is 4.57 Å². The van der Waals surface area contributed by atoms with Crippen LogP contribution in [0.2, 0.25) is 5.28 Å². The fraction of sp³-hybridized carbons (Fsp3) is 0.296. The number of ether oxygens (including phenoxy) is 3. The second-order valence-corrected chi connectivity index (χ2v) is 9.84. The van der Waals surface area contributed by atoms with Crippen LogP contribution in [0, 0.1) is 0 Å². The Labute approximate surface area is 238 Å². The average Bonchev–Trinajstić information content (AvgIpc) is 3.53. The molecule has 0 spiro atoms. The van der Waals surface area contributed by atoms with E-state index in [1.807, 2.05) is 30.3 Å². The Kier molecular flexibility index (Phi) is 8.03. The molecule has 0 radical (unpaired) electrons. The minimum Gasteiger partial charge on any atom is -0.489 e. The molecule has 1 fully saturated rings. The van der Waals surface area contributed by atoms with Gasteiger partial charge in [-0.2, -0.15) is 9.97 Å². The lowest BCUT2D eigenvalue weighted by atomic mass is 9.94. The van der Waals surface area contributed by atoms with Crippen molar-refractivity contribution < 1.29 is 39.1 Å². The van der Waals surface area contributed by atoms with E-state index in [0.29, 0.717) is 17.9 Å². The summed E-state index contributed by atoms with van der Waals surface area (Å²) in [5, 5.41) is 30.4. The molecular formula is C27H26ClN5O8. The molecule has 0 saturated carbocycles. The highest BCUT2D eigenvalue weighted by molar-refractivity contribution is 6.28. The van der Waals surface area contributed by atoms with E-state index >= 15 is 0 Å². The van der Waals surface area contributed by atoms with Crippen molar-refractivity contribution in [1.29, 1.82) is 0 Å². The molecule has 0 aliphatic carbocycles. The lowest BCUT2D eigenvalue weighted by molar-refractivity contribution is -0.188. The van der Waals surface area contributed by atoms with Crippen LogP contribution in [-0.2, 0) is 32.1 Å². The van der Waals surface area contributed by atoms with Gasteiger partial charge in [-0.15, -0.1) is 0 Å². The first kappa shape index (κ1) is 28.2. The van der Waals surface area contributed by atoms with E-state index in [-0.39, 0.29) is 28.7 Å². The van der Waals surface area contributed by atoms with Crippen LogP contribution < -0.4 is 10.5 Å². The molecule has 1 aliphatic heterocycles. The Balaban J connectivity index is 1.26. The summed E-state index contributed by atoms with van der Waals surface area (Å²) in [4.78, 5) is 36.6. The first-order chi connectivity index (χ1) is 19.7. The number of imidazole rings is 1. The molecule has 1 aliphatic rings. The average molecular weight is 584 g/mol. The van der Waals surface area contributed by atoms with Crippen LogP contribution in [-0.4, -0.2) is 71.2 Å². The minimum atomic E-state index is -2.60. The Morgan fingerprint density at radius 1 is 1.07 bits per heavy atom. The van der Waals surface area contributed by atoms with Gasteiger partial charge in [-0.05, 0) is 34.9 Å². The number of carboxylic acid groups (broad SMARTS) is 2. The number of aromatic nitrogens is 4. The molecule has 13 nitrogen and oxygen atoms in total. The summed E-state index contributed by atoms with van der Waals surface area (Å²) < 4.78 is 18.6. The zero-order valence-corrected chi connectivity index (χ0v) is 22.2. The van der Waals surface area contributed by atoms with Crippen molar-refractivity contribution in [1.82, 2.24) is 19.5 Å². The van der Waals surface area contributed by atoms with Gasteiger partial charge in [0.25, 0.3) is 5.60 Å². The number of anilines is 1.